The average molecular weight is 625 g/mol. The maximum absolute atomic E-state index is 13.4. The number of aliphatic carboxylic acids is 1. The van der Waals surface area contributed by atoms with Crippen LogP contribution in [0.3, 0.4) is 0 Å². The SMILES string of the molecule is O=C(O)CCC(NC(=O)c1cc(OCC(=O)N2CCCC2C(F)(F)F)n(-c2ccccc2)n1)C(=O)N1CCN(C(=O)O)CC1. The van der Waals surface area contributed by atoms with E-state index in [0.29, 0.717) is 10.6 Å². The highest BCUT2D eigenvalue weighted by molar-refractivity contribution is 5.96. The summed E-state index contributed by atoms with van der Waals surface area (Å²) in [5.41, 5.74) is 0.132. The predicted octanol–water partition coefficient (Wildman–Crippen LogP) is 1.59. The lowest BCUT2D eigenvalue weighted by Crippen LogP contribution is -2.55. The maximum Gasteiger partial charge on any atom is 0.408 e. The number of carboxylic acids is 1. The molecule has 2 aliphatic rings. The van der Waals surface area contributed by atoms with Crippen molar-refractivity contribution in [2.24, 2.45) is 0 Å². The van der Waals surface area contributed by atoms with Crippen LogP contribution < -0.4 is 10.1 Å². The van der Waals surface area contributed by atoms with E-state index in [4.69, 9.17) is 9.84 Å². The van der Waals surface area contributed by atoms with E-state index in [1.165, 1.54) is 9.58 Å². The molecule has 2 saturated heterocycles. The van der Waals surface area contributed by atoms with Gasteiger partial charge in [-0.3, -0.25) is 19.2 Å². The second-order valence-corrected chi connectivity index (χ2v) is 10.2. The van der Waals surface area contributed by atoms with Crippen molar-refractivity contribution in [1.29, 1.82) is 0 Å². The number of hydrogen-bond acceptors (Lipinski definition) is 7. The zero-order chi connectivity index (χ0) is 32.0. The van der Waals surface area contributed by atoms with Gasteiger partial charge in [0.25, 0.3) is 11.8 Å². The minimum atomic E-state index is -4.58. The first-order chi connectivity index (χ1) is 20.8. The molecule has 238 valence electrons. The van der Waals surface area contributed by atoms with Gasteiger partial charge in [0.15, 0.2) is 12.3 Å². The van der Waals surface area contributed by atoms with Crippen LogP contribution >= 0.6 is 0 Å². The van der Waals surface area contributed by atoms with Gasteiger partial charge in [-0.05, 0) is 31.4 Å². The van der Waals surface area contributed by atoms with Crippen LogP contribution in [0.15, 0.2) is 36.4 Å². The van der Waals surface area contributed by atoms with Crippen LogP contribution in [0.2, 0.25) is 0 Å². The minimum absolute atomic E-state index is 0.0444. The Bertz CT molecular complexity index is 1380. The van der Waals surface area contributed by atoms with Crippen LogP contribution in [0.1, 0.15) is 36.2 Å². The Kier molecular flexibility index (Phi) is 9.95. The molecule has 4 rings (SSSR count). The van der Waals surface area contributed by atoms with Crippen LogP contribution in [0.25, 0.3) is 5.69 Å². The van der Waals surface area contributed by atoms with Crippen molar-refractivity contribution in [3.8, 4) is 11.6 Å². The summed E-state index contributed by atoms with van der Waals surface area (Å²) in [5.74, 6) is -3.69. The van der Waals surface area contributed by atoms with Gasteiger partial charge in [-0.15, -0.1) is 0 Å². The number of ether oxygens (including phenoxy) is 1. The molecule has 0 spiro atoms. The molecule has 2 aromatic rings. The number of hydrogen-bond donors (Lipinski definition) is 3. The average Bonchev–Trinajstić information content (AvgIpc) is 3.66. The molecule has 17 heteroatoms. The molecule has 2 atom stereocenters. The topological polar surface area (TPSA) is 175 Å². The summed E-state index contributed by atoms with van der Waals surface area (Å²) in [7, 11) is 0. The van der Waals surface area contributed by atoms with Gasteiger partial charge in [-0.25, -0.2) is 9.48 Å². The lowest BCUT2D eigenvalue weighted by Gasteiger charge is -2.35. The van der Waals surface area contributed by atoms with Crippen LogP contribution in [0.4, 0.5) is 18.0 Å². The molecule has 2 unspecified atom stereocenters. The Morgan fingerprint density at radius 1 is 1.00 bits per heavy atom. The number of carbonyl (C=O) groups excluding carboxylic acids is 3. The number of likely N-dealkylation sites (tertiary alicyclic amines) is 1. The molecule has 3 N–H and O–H groups in total. The molecule has 1 aromatic carbocycles. The van der Waals surface area contributed by atoms with Gasteiger partial charge in [0.2, 0.25) is 11.8 Å². The Hall–Kier alpha value is -4.83. The largest absolute Gasteiger partial charge is 0.481 e. The summed E-state index contributed by atoms with van der Waals surface area (Å²) < 4.78 is 46.8. The summed E-state index contributed by atoms with van der Waals surface area (Å²) in [4.78, 5) is 64.8. The van der Waals surface area contributed by atoms with E-state index in [1.807, 2.05) is 0 Å². The number of carboxylic acid groups (broad SMARTS) is 2. The second kappa shape index (κ2) is 13.6. The summed E-state index contributed by atoms with van der Waals surface area (Å²) in [6.07, 6.45) is -6.44. The van der Waals surface area contributed by atoms with Crippen LogP contribution in [-0.2, 0) is 14.4 Å². The van der Waals surface area contributed by atoms with Crippen LogP contribution in [0.5, 0.6) is 5.88 Å². The molecule has 0 radical (unpaired) electrons. The fourth-order valence-corrected chi connectivity index (χ4v) is 5.05. The summed E-state index contributed by atoms with van der Waals surface area (Å²) in [6, 6.07) is 6.22. The van der Waals surface area contributed by atoms with E-state index in [-0.39, 0.29) is 63.6 Å². The molecule has 3 heterocycles. The molecule has 2 aliphatic heterocycles. The first-order valence-corrected chi connectivity index (χ1v) is 13.8. The van der Waals surface area contributed by atoms with E-state index in [0.717, 1.165) is 11.0 Å². The number of nitrogens with zero attached hydrogens (tertiary/aromatic N) is 5. The number of nitrogens with one attached hydrogen (secondary N) is 1. The third-order valence-corrected chi connectivity index (χ3v) is 7.32. The number of piperazine rings is 1. The van der Waals surface area contributed by atoms with Crippen LogP contribution in [-0.4, -0.2) is 122 Å². The van der Waals surface area contributed by atoms with Gasteiger partial charge >= 0.3 is 18.2 Å². The standard InChI is InChI=1S/C27H31F3N6O8/c28-27(29,30)20-7-4-10-35(20)21(37)16-44-22-15-19(32-36(22)17-5-2-1-3-6-17)24(40)31-18(8-9-23(38)39)25(41)33-11-13-34(14-12-33)26(42)43/h1-3,5-6,15,18,20H,4,7-14,16H2,(H,31,40)(H,38,39)(H,42,43). The summed E-state index contributed by atoms with van der Waals surface area (Å²) in [6.45, 7) is -0.647. The van der Waals surface area contributed by atoms with E-state index in [9.17, 15) is 42.3 Å². The quantitative estimate of drug-likeness (QED) is 0.355. The van der Waals surface area contributed by atoms with Gasteiger partial charge < -0.3 is 35.0 Å². The number of amides is 4. The van der Waals surface area contributed by atoms with E-state index >= 15 is 0 Å². The molecule has 0 aliphatic carbocycles. The Morgan fingerprint density at radius 2 is 1.66 bits per heavy atom. The number of aromatic nitrogens is 2. The van der Waals surface area contributed by atoms with Crippen molar-refractivity contribution < 1.29 is 52.1 Å². The molecule has 0 bridgehead atoms. The highest BCUT2D eigenvalue weighted by Gasteiger charge is 2.47. The highest BCUT2D eigenvalue weighted by Crippen LogP contribution is 2.32. The first-order valence-electron chi connectivity index (χ1n) is 13.8. The molecular formula is C27H31F3N6O8. The molecular weight excluding hydrogens is 593 g/mol. The monoisotopic (exact) mass is 624 g/mol. The lowest BCUT2D eigenvalue weighted by molar-refractivity contribution is -0.183. The zero-order valence-electron chi connectivity index (χ0n) is 23.4. The number of alkyl halides is 3. The van der Waals surface area contributed by atoms with Gasteiger partial charge in [0.05, 0.1) is 5.69 Å². The maximum atomic E-state index is 13.4. The smallest absolute Gasteiger partial charge is 0.408 e. The van der Waals surface area contributed by atoms with Crippen molar-refractivity contribution in [2.75, 3.05) is 39.3 Å². The minimum Gasteiger partial charge on any atom is -0.481 e. The molecule has 14 nitrogen and oxygen atoms in total. The lowest BCUT2D eigenvalue weighted by atomic mass is 10.1. The summed E-state index contributed by atoms with van der Waals surface area (Å²) >= 11 is 0. The number of carbonyl (C=O) groups is 5. The Balaban J connectivity index is 1.51. The normalized spacial score (nSPS) is 17.7. The van der Waals surface area contributed by atoms with E-state index in [2.05, 4.69) is 10.4 Å². The molecule has 1 aromatic heterocycles. The number of rotatable bonds is 10. The number of halogens is 3. The van der Waals surface area contributed by atoms with Crippen LogP contribution in [0, 0.1) is 0 Å². The van der Waals surface area contributed by atoms with Gasteiger partial charge in [-0.1, -0.05) is 18.2 Å². The summed E-state index contributed by atoms with van der Waals surface area (Å²) in [5, 5.41) is 25.0. The van der Waals surface area contributed by atoms with Gasteiger partial charge in [0, 0.05) is 45.2 Å². The van der Waals surface area contributed by atoms with Crippen molar-refractivity contribution in [3.63, 3.8) is 0 Å². The zero-order valence-corrected chi connectivity index (χ0v) is 23.4. The van der Waals surface area contributed by atoms with Gasteiger partial charge in [-0.2, -0.15) is 18.3 Å². The molecule has 0 saturated carbocycles. The Labute approximate surface area is 248 Å². The molecule has 44 heavy (non-hydrogen) atoms. The fraction of sp³-hybridized carbons (Fsp3) is 0.481. The van der Waals surface area contributed by atoms with Gasteiger partial charge in [0.1, 0.15) is 12.1 Å². The highest BCUT2D eigenvalue weighted by atomic mass is 19.4. The fourth-order valence-electron chi connectivity index (χ4n) is 5.05. The number of para-hydroxylation sites is 1. The molecule has 2 fully saturated rings. The van der Waals surface area contributed by atoms with Crippen molar-refractivity contribution >= 4 is 29.8 Å². The van der Waals surface area contributed by atoms with E-state index < -0.39 is 61.1 Å². The third kappa shape index (κ3) is 7.76. The first kappa shape index (κ1) is 32.1. The third-order valence-electron chi connectivity index (χ3n) is 7.32. The van der Waals surface area contributed by atoms with E-state index in [1.54, 1.807) is 30.3 Å². The van der Waals surface area contributed by atoms with Crippen molar-refractivity contribution in [1.82, 2.24) is 29.8 Å². The molecule has 4 amide bonds. The Morgan fingerprint density at radius 3 is 2.27 bits per heavy atom. The number of benzene rings is 1. The van der Waals surface area contributed by atoms with Crippen molar-refractivity contribution in [2.45, 2.75) is 43.9 Å². The second-order valence-electron chi connectivity index (χ2n) is 10.2. The predicted molar refractivity (Wildman–Crippen MR) is 144 cm³/mol. The van der Waals surface area contributed by atoms with Crippen molar-refractivity contribution in [3.05, 3.63) is 42.1 Å².